The number of hydrogen-bond donors (Lipinski definition) is 1. The Morgan fingerprint density at radius 1 is 1.23 bits per heavy atom. The van der Waals surface area contributed by atoms with Crippen molar-refractivity contribution >= 4 is 24.3 Å². The maximum Gasteiger partial charge on any atom is 0.525 e. The first-order chi connectivity index (χ1) is 13.9. The average Bonchev–Trinajstić information content (AvgIpc) is 3.21. The Morgan fingerprint density at radius 2 is 1.80 bits per heavy atom. The van der Waals surface area contributed by atoms with Gasteiger partial charge in [0.2, 0.25) is 0 Å². The molecule has 0 aliphatic carbocycles. The van der Waals surface area contributed by atoms with E-state index in [-0.39, 0.29) is 23.5 Å². The molecule has 0 amide bonds. The highest BCUT2D eigenvalue weighted by Gasteiger charge is 2.53. The number of non-ortho nitro benzene ring substituents is 1. The van der Waals surface area contributed by atoms with Crippen LogP contribution in [-0.4, -0.2) is 49.3 Å². The molecule has 0 atom stereocenters. The summed E-state index contributed by atoms with van der Waals surface area (Å²) in [4.78, 5) is 21.4. The first-order valence-electron chi connectivity index (χ1n) is 9.04. The van der Waals surface area contributed by atoms with Crippen LogP contribution in [0.2, 0.25) is 0 Å². The zero-order valence-electron chi connectivity index (χ0n) is 16.8. The lowest BCUT2D eigenvalue weighted by molar-refractivity contribution is -0.384. The number of nitro benzene ring substituents is 1. The third-order valence-electron chi connectivity index (χ3n) is 5.25. The van der Waals surface area contributed by atoms with Gasteiger partial charge in [0.1, 0.15) is 5.73 Å². The SMILES string of the molecule is CC1(C)OB(C(F)=C(Cn2cc(C(=O)O)nn2)c2ccc([N+](=O)[O-])cc2)OC1(C)C. The van der Waals surface area contributed by atoms with Crippen molar-refractivity contribution in [3.8, 4) is 0 Å². The zero-order chi connectivity index (χ0) is 22.3. The molecule has 3 rings (SSSR count). The Bertz CT molecular complexity index is 1000. The van der Waals surface area contributed by atoms with E-state index in [1.54, 1.807) is 27.7 Å². The Kier molecular flexibility index (Phi) is 5.48. The maximum atomic E-state index is 15.6. The van der Waals surface area contributed by atoms with E-state index in [4.69, 9.17) is 14.4 Å². The third kappa shape index (κ3) is 4.09. The summed E-state index contributed by atoms with van der Waals surface area (Å²) in [7, 11) is -1.30. The third-order valence-corrected chi connectivity index (χ3v) is 5.25. The molecule has 1 N–H and O–H groups in total. The van der Waals surface area contributed by atoms with Crippen molar-refractivity contribution in [1.29, 1.82) is 0 Å². The molecule has 1 aromatic heterocycles. The quantitative estimate of drug-likeness (QED) is 0.431. The number of benzene rings is 1. The van der Waals surface area contributed by atoms with E-state index >= 15 is 4.39 Å². The van der Waals surface area contributed by atoms with Crippen molar-refractivity contribution in [3.05, 3.63) is 57.6 Å². The first-order valence-corrected chi connectivity index (χ1v) is 9.04. The summed E-state index contributed by atoms with van der Waals surface area (Å²) < 4.78 is 28.3. The number of hydrogen-bond acceptors (Lipinski definition) is 7. The van der Waals surface area contributed by atoms with Crippen molar-refractivity contribution < 1.29 is 28.5 Å². The number of aromatic carboxylic acids is 1. The fraction of sp³-hybridized carbons (Fsp3) is 0.389. The van der Waals surface area contributed by atoms with Crippen LogP contribution < -0.4 is 0 Å². The minimum absolute atomic E-state index is 0.0743. The summed E-state index contributed by atoms with van der Waals surface area (Å²) >= 11 is 0. The van der Waals surface area contributed by atoms with Gasteiger partial charge < -0.3 is 14.4 Å². The van der Waals surface area contributed by atoms with Crippen LogP contribution in [-0.2, 0) is 15.9 Å². The number of allylic oxidation sites excluding steroid dienone is 1. The van der Waals surface area contributed by atoms with Crippen LogP contribution in [0.5, 0.6) is 0 Å². The van der Waals surface area contributed by atoms with Crippen LogP contribution in [0.15, 0.2) is 36.2 Å². The fourth-order valence-electron chi connectivity index (χ4n) is 2.81. The van der Waals surface area contributed by atoms with Gasteiger partial charge in [0, 0.05) is 17.7 Å². The van der Waals surface area contributed by atoms with Crippen LogP contribution in [0.3, 0.4) is 0 Å². The minimum atomic E-state index is -1.30. The molecule has 1 fully saturated rings. The van der Waals surface area contributed by atoms with E-state index in [9.17, 15) is 14.9 Å². The molecular weight excluding hydrogens is 398 g/mol. The van der Waals surface area contributed by atoms with Gasteiger partial charge >= 0.3 is 13.1 Å². The van der Waals surface area contributed by atoms with Gasteiger partial charge in [-0.2, -0.15) is 0 Å². The highest BCUT2D eigenvalue weighted by atomic mass is 19.1. The standard InChI is InChI=1S/C18H20BFN4O6/c1-17(2)18(3,4)30-19(29-17)15(20)13(9-23-10-14(16(25)26)21-22-23)11-5-7-12(8-6-11)24(27)28/h5-8,10H,9H2,1-4H3,(H,25,26). The van der Waals surface area contributed by atoms with E-state index in [1.165, 1.54) is 24.3 Å². The van der Waals surface area contributed by atoms with Crippen LogP contribution in [0.4, 0.5) is 10.1 Å². The fourth-order valence-corrected chi connectivity index (χ4v) is 2.81. The van der Waals surface area contributed by atoms with Gasteiger partial charge in [0.05, 0.1) is 28.9 Å². The second kappa shape index (κ2) is 7.61. The molecule has 158 valence electrons. The van der Waals surface area contributed by atoms with Gasteiger partial charge in [-0.25, -0.2) is 13.9 Å². The molecule has 0 bridgehead atoms. The first kappa shape index (κ1) is 21.6. The molecule has 0 spiro atoms. The van der Waals surface area contributed by atoms with E-state index in [0.29, 0.717) is 5.56 Å². The Morgan fingerprint density at radius 3 is 2.27 bits per heavy atom. The van der Waals surface area contributed by atoms with E-state index in [2.05, 4.69) is 10.3 Å². The number of nitro groups is 1. The molecule has 0 radical (unpaired) electrons. The Hall–Kier alpha value is -3.12. The maximum absolute atomic E-state index is 15.6. The molecular formula is C18H20BFN4O6. The molecule has 12 heteroatoms. The smallest absolute Gasteiger partial charge is 0.476 e. The summed E-state index contributed by atoms with van der Waals surface area (Å²) in [5, 5.41) is 27.2. The van der Waals surface area contributed by atoms with Gasteiger partial charge in [0.25, 0.3) is 5.69 Å². The van der Waals surface area contributed by atoms with Crippen LogP contribution in [0, 0.1) is 10.1 Å². The zero-order valence-corrected chi connectivity index (χ0v) is 16.8. The van der Waals surface area contributed by atoms with Crippen LogP contribution in [0.1, 0.15) is 43.7 Å². The lowest BCUT2D eigenvalue weighted by atomic mass is 9.82. The van der Waals surface area contributed by atoms with Crippen LogP contribution in [0.25, 0.3) is 5.57 Å². The molecule has 2 heterocycles. The van der Waals surface area contributed by atoms with E-state index in [0.717, 1.165) is 10.9 Å². The number of carbonyl (C=O) groups is 1. The topological polar surface area (TPSA) is 130 Å². The van der Waals surface area contributed by atoms with Crippen molar-refractivity contribution in [1.82, 2.24) is 15.0 Å². The lowest BCUT2D eigenvalue weighted by Gasteiger charge is -2.32. The average molecular weight is 418 g/mol. The van der Waals surface area contributed by atoms with E-state index < -0.39 is 34.9 Å². The highest BCUT2D eigenvalue weighted by Crippen LogP contribution is 2.40. The number of halogens is 1. The molecule has 1 aliphatic heterocycles. The Labute approximate surface area is 171 Å². The Balaban J connectivity index is 2.03. The monoisotopic (exact) mass is 418 g/mol. The molecule has 1 aromatic carbocycles. The molecule has 0 unspecified atom stereocenters. The molecule has 30 heavy (non-hydrogen) atoms. The number of carboxylic acids is 1. The molecule has 1 aliphatic rings. The largest absolute Gasteiger partial charge is 0.525 e. The lowest BCUT2D eigenvalue weighted by Crippen LogP contribution is -2.41. The van der Waals surface area contributed by atoms with Crippen LogP contribution >= 0.6 is 0 Å². The number of rotatable bonds is 6. The van der Waals surface area contributed by atoms with Gasteiger partial charge in [-0.3, -0.25) is 10.1 Å². The second-order valence-corrected chi connectivity index (χ2v) is 7.83. The highest BCUT2D eigenvalue weighted by molar-refractivity contribution is 6.55. The molecule has 10 nitrogen and oxygen atoms in total. The van der Waals surface area contributed by atoms with E-state index in [1.807, 2.05) is 0 Å². The van der Waals surface area contributed by atoms with Gasteiger partial charge in [-0.15, -0.1) is 5.10 Å². The number of carboxylic acid groups (broad SMARTS) is 1. The number of aromatic nitrogens is 3. The number of nitrogens with zero attached hydrogens (tertiary/aromatic N) is 4. The van der Waals surface area contributed by atoms with Gasteiger partial charge in [-0.05, 0) is 45.4 Å². The predicted molar refractivity (Wildman–Crippen MR) is 104 cm³/mol. The summed E-state index contributed by atoms with van der Waals surface area (Å²) in [6.07, 6.45) is 1.16. The van der Waals surface area contributed by atoms with Crippen molar-refractivity contribution in [3.63, 3.8) is 0 Å². The summed E-state index contributed by atoms with van der Waals surface area (Å²) in [6, 6.07) is 5.29. The summed E-state index contributed by atoms with van der Waals surface area (Å²) in [5.41, 5.74) is -2.34. The molecule has 1 saturated heterocycles. The van der Waals surface area contributed by atoms with Crippen molar-refractivity contribution in [2.45, 2.75) is 45.4 Å². The normalized spacial score (nSPS) is 18.2. The minimum Gasteiger partial charge on any atom is -0.476 e. The molecule has 2 aromatic rings. The van der Waals surface area contributed by atoms with Gasteiger partial charge in [-0.1, -0.05) is 5.21 Å². The summed E-state index contributed by atoms with van der Waals surface area (Å²) in [6.45, 7) is 6.93. The summed E-state index contributed by atoms with van der Waals surface area (Å²) in [5.74, 6) is -1.27. The molecule has 0 saturated carbocycles. The van der Waals surface area contributed by atoms with Crippen molar-refractivity contribution in [2.24, 2.45) is 0 Å². The van der Waals surface area contributed by atoms with Crippen molar-refractivity contribution in [2.75, 3.05) is 0 Å². The second-order valence-electron chi connectivity index (χ2n) is 7.83. The predicted octanol–water partition coefficient (Wildman–Crippen LogP) is 2.90. The van der Waals surface area contributed by atoms with Gasteiger partial charge in [0.15, 0.2) is 5.69 Å².